The number of methoxy groups -OCH3 is 1. The Hall–Kier alpha value is -1.48. The molecule has 96 valence electrons. The van der Waals surface area contributed by atoms with Gasteiger partial charge in [0, 0.05) is 3.57 Å². The lowest BCUT2D eigenvalue weighted by Crippen LogP contribution is -1.98. The number of para-hydroxylation sites is 1. The Balaban J connectivity index is 2.40. The van der Waals surface area contributed by atoms with E-state index in [1.165, 1.54) is 6.33 Å². The second kappa shape index (κ2) is 4.89. The molecule has 0 aliphatic carbocycles. The van der Waals surface area contributed by atoms with Crippen LogP contribution >= 0.6 is 34.8 Å². The number of halogens is 1. The highest BCUT2D eigenvalue weighted by atomic mass is 127. The minimum absolute atomic E-state index is 0.487. The van der Waals surface area contributed by atoms with E-state index in [-0.39, 0.29) is 0 Å². The molecule has 3 aromatic rings. The van der Waals surface area contributed by atoms with Gasteiger partial charge in [-0.15, -0.1) is 0 Å². The van der Waals surface area contributed by atoms with Crippen molar-refractivity contribution >= 4 is 46.0 Å². The van der Waals surface area contributed by atoms with Gasteiger partial charge in [-0.3, -0.25) is 4.57 Å². The Bertz CT molecular complexity index is 811. The highest BCUT2D eigenvalue weighted by molar-refractivity contribution is 14.1. The number of benzene rings is 1. The molecule has 0 amide bonds. The molecular formula is C12H9IN4OS. The molecule has 0 bridgehead atoms. The van der Waals surface area contributed by atoms with E-state index in [0.717, 1.165) is 9.26 Å². The van der Waals surface area contributed by atoms with Gasteiger partial charge in [-0.2, -0.15) is 4.98 Å². The van der Waals surface area contributed by atoms with Gasteiger partial charge in [-0.05, 0) is 46.9 Å². The molecule has 0 radical (unpaired) electrons. The lowest BCUT2D eigenvalue weighted by atomic mass is 10.3. The molecule has 0 atom stereocenters. The van der Waals surface area contributed by atoms with Crippen LogP contribution in [-0.4, -0.2) is 26.6 Å². The van der Waals surface area contributed by atoms with E-state index in [9.17, 15) is 0 Å². The van der Waals surface area contributed by atoms with Crippen molar-refractivity contribution in [1.29, 1.82) is 0 Å². The van der Waals surface area contributed by atoms with E-state index < -0.39 is 0 Å². The normalized spacial score (nSPS) is 10.8. The van der Waals surface area contributed by atoms with Crippen molar-refractivity contribution in [1.82, 2.24) is 19.5 Å². The molecule has 5 nitrogen and oxygen atoms in total. The number of hydrogen-bond acceptors (Lipinski definition) is 4. The number of ether oxygens (including phenoxy) is 1. The first-order valence-corrected chi connectivity index (χ1v) is 6.95. The Kier molecular flexibility index (Phi) is 3.23. The number of aromatic amines is 1. The van der Waals surface area contributed by atoms with Crippen molar-refractivity contribution in [3.63, 3.8) is 0 Å². The number of imidazole rings is 1. The Morgan fingerprint density at radius 3 is 2.84 bits per heavy atom. The highest BCUT2D eigenvalue weighted by Crippen LogP contribution is 2.25. The predicted molar refractivity (Wildman–Crippen MR) is 83.3 cm³/mol. The molecule has 2 heterocycles. The maximum Gasteiger partial charge on any atom is 0.242 e. The lowest BCUT2D eigenvalue weighted by Gasteiger charge is -2.06. The van der Waals surface area contributed by atoms with E-state index in [0.29, 0.717) is 21.8 Å². The van der Waals surface area contributed by atoms with Crippen molar-refractivity contribution in [3.8, 4) is 11.6 Å². The molecule has 7 heteroatoms. The molecule has 19 heavy (non-hydrogen) atoms. The molecule has 1 aromatic carbocycles. The third-order valence-electron chi connectivity index (χ3n) is 2.73. The molecule has 0 spiro atoms. The van der Waals surface area contributed by atoms with Crippen molar-refractivity contribution in [2.45, 2.75) is 0 Å². The summed E-state index contributed by atoms with van der Waals surface area (Å²) >= 11 is 7.66. The summed E-state index contributed by atoms with van der Waals surface area (Å²) in [6.45, 7) is 0. The van der Waals surface area contributed by atoms with E-state index in [4.69, 9.17) is 17.0 Å². The molecule has 0 aliphatic heterocycles. The second-order valence-corrected chi connectivity index (χ2v) is 5.35. The number of rotatable bonds is 2. The van der Waals surface area contributed by atoms with Gasteiger partial charge < -0.3 is 9.72 Å². The van der Waals surface area contributed by atoms with Crippen molar-refractivity contribution in [3.05, 3.63) is 38.9 Å². The number of hydrogen-bond donors (Lipinski definition) is 1. The van der Waals surface area contributed by atoms with E-state index in [1.807, 2.05) is 28.8 Å². The predicted octanol–water partition coefficient (Wildman–Crippen LogP) is 3.09. The summed E-state index contributed by atoms with van der Waals surface area (Å²) in [5, 5.41) is 0. The van der Waals surface area contributed by atoms with E-state index in [2.05, 4.69) is 37.5 Å². The minimum atomic E-state index is 0.487. The van der Waals surface area contributed by atoms with Crippen LogP contribution in [0.2, 0.25) is 0 Å². The van der Waals surface area contributed by atoms with Gasteiger partial charge in [-0.25, -0.2) is 4.98 Å². The summed E-state index contributed by atoms with van der Waals surface area (Å²) in [6.07, 6.45) is 1.47. The van der Waals surface area contributed by atoms with E-state index >= 15 is 0 Å². The quantitative estimate of drug-likeness (QED) is 0.545. The standard InChI is InChI=1S/C12H9IN4OS/c1-18-11-9-10(14-6-15-11)17(12(19)16-9)8-5-3-2-4-7(8)13/h2-6H,1H3,(H,16,19). The fourth-order valence-electron chi connectivity index (χ4n) is 1.91. The first kappa shape index (κ1) is 12.5. The average molecular weight is 384 g/mol. The third kappa shape index (κ3) is 2.02. The molecule has 0 saturated carbocycles. The number of aromatic nitrogens is 4. The fraction of sp³-hybridized carbons (Fsp3) is 0.0833. The van der Waals surface area contributed by atoms with Crippen LogP contribution in [0.3, 0.4) is 0 Å². The molecule has 0 aliphatic rings. The van der Waals surface area contributed by atoms with Crippen LogP contribution in [0, 0.1) is 8.34 Å². The SMILES string of the molecule is COc1ncnc2c1[nH]c(=S)n2-c1ccccc1I. The van der Waals surface area contributed by atoms with Crippen LogP contribution in [0.5, 0.6) is 5.88 Å². The molecular weight excluding hydrogens is 375 g/mol. The monoisotopic (exact) mass is 384 g/mol. The van der Waals surface area contributed by atoms with Crippen LogP contribution in [0.15, 0.2) is 30.6 Å². The molecule has 0 fully saturated rings. The summed E-state index contributed by atoms with van der Waals surface area (Å²) in [4.78, 5) is 11.5. The topological polar surface area (TPSA) is 55.7 Å². The van der Waals surface area contributed by atoms with Crippen LogP contribution < -0.4 is 4.74 Å². The smallest absolute Gasteiger partial charge is 0.242 e. The summed E-state index contributed by atoms with van der Waals surface area (Å²) in [7, 11) is 1.57. The van der Waals surface area contributed by atoms with Crippen LogP contribution in [0.25, 0.3) is 16.9 Å². The number of H-pyrrole nitrogens is 1. The van der Waals surface area contributed by atoms with Crippen molar-refractivity contribution < 1.29 is 4.74 Å². The molecule has 2 aromatic heterocycles. The van der Waals surface area contributed by atoms with Gasteiger partial charge >= 0.3 is 0 Å². The highest BCUT2D eigenvalue weighted by Gasteiger charge is 2.13. The zero-order chi connectivity index (χ0) is 13.4. The summed E-state index contributed by atoms with van der Waals surface area (Å²) in [6, 6.07) is 7.98. The third-order valence-corrected chi connectivity index (χ3v) is 3.92. The van der Waals surface area contributed by atoms with Gasteiger partial charge in [0.25, 0.3) is 0 Å². The van der Waals surface area contributed by atoms with Crippen LogP contribution in [-0.2, 0) is 0 Å². The molecule has 0 saturated heterocycles. The number of fused-ring (bicyclic) bond motifs is 1. The van der Waals surface area contributed by atoms with Crippen molar-refractivity contribution in [2.24, 2.45) is 0 Å². The average Bonchev–Trinajstić information content (AvgIpc) is 2.75. The van der Waals surface area contributed by atoms with Gasteiger partial charge in [0.15, 0.2) is 10.4 Å². The van der Waals surface area contributed by atoms with Crippen LogP contribution in [0.4, 0.5) is 0 Å². The largest absolute Gasteiger partial charge is 0.479 e. The minimum Gasteiger partial charge on any atom is -0.479 e. The maximum atomic E-state index is 5.38. The summed E-state index contributed by atoms with van der Waals surface area (Å²) < 4.78 is 8.76. The number of nitrogens with one attached hydrogen (secondary N) is 1. The Morgan fingerprint density at radius 2 is 2.11 bits per heavy atom. The Labute approximate surface area is 127 Å². The van der Waals surface area contributed by atoms with Crippen molar-refractivity contribution in [2.75, 3.05) is 7.11 Å². The summed E-state index contributed by atoms with van der Waals surface area (Å²) in [5.41, 5.74) is 2.40. The zero-order valence-electron chi connectivity index (χ0n) is 9.92. The van der Waals surface area contributed by atoms with Crippen LogP contribution in [0.1, 0.15) is 0 Å². The van der Waals surface area contributed by atoms with Gasteiger partial charge in [0.05, 0.1) is 12.8 Å². The van der Waals surface area contributed by atoms with Gasteiger partial charge in [-0.1, -0.05) is 12.1 Å². The first-order chi connectivity index (χ1) is 9.22. The first-order valence-electron chi connectivity index (χ1n) is 5.47. The molecule has 1 N–H and O–H groups in total. The number of nitrogens with zero attached hydrogens (tertiary/aromatic N) is 3. The molecule has 0 unspecified atom stereocenters. The zero-order valence-corrected chi connectivity index (χ0v) is 12.9. The molecule has 3 rings (SSSR count). The van der Waals surface area contributed by atoms with Gasteiger partial charge in [0.2, 0.25) is 5.88 Å². The summed E-state index contributed by atoms with van der Waals surface area (Å²) in [5.74, 6) is 0.487. The van der Waals surface area contributed by atoms with E-state index in [1.54, 1.807) is 7.11 Å². The Morgan fingerprint density at radius 1 is 1.32 bits per heavy atom. The maximum absolute atomic E-state index is 5.38. The second-order valence-electron chi connectivity index (χ2n) is 3.80. The lowest BCUT2D eigenvalue weighted by molar-refractivity contribution is 0.401. The van der Waals surface area contributed by atoms with Gasteiger partial charge in [0.1, 0.15) is 11.8 Å². The fourth-order valence-corrected chi connectivity index (χ4v) is 2.83.